The molecule has 3 aromatic rings. The molecule has 0 bridgehead atoms. The number of hydrogen-bond donors (Lipinski definition) is 1. The summed E-state index contributed by atoms with van der Waals surface area (Å²) in [6.45, 7) is 7.00. The van der Waals surface area contributed by atoms with Crippen molar-refractivity contribution in [3.8, 4) is 0 Å². The second kappa shape index (κ2) is 7.17. The Kier molecular flexibility index (Phi) is 4.83. The monoisotopic (exact) mass is 395 g/mol. The summed E-state index contributed by atoms with van der Waals surface area (Å²) < 4.78 is 4.76. The van der Waals surface area contributed by atoms with Crippen molar-refractivity contribution in [3.63, 3.8) is 0 Å². The highest BCUT2D eigenvalue weighted by Crippen LogP contribution is 2.44. The summed E-state index contributed by atoms with van der Waals surface area (Å²) in [7, 11) is 1.38. The molecule has 5 nitrogen and oxygen atoms in total. The van der Waals surface area contributed by atoms with E-state index in [9.17, 15) is 4.79 Å². The predicted octanol–water partition coefficient (Wildman–Crippen LogP) is 5.37. The third kappa shape index (κ3) is 3.49. The average molecular weight is 396 g/mol. The highest BCUT2D eigenvalue weighted by atomic mass is 32.1. The van der Waals surface area contributed by atoms with Crippen LogP contribution in [0.1, 0.15) is 48.0 Å². The lowest BCUT2D eigenvalue weighted by atomic mass is 9.72. The van der Waals surface area contributed by atoms with E-state index in [2.05, 4.69) is 36.1 Å². The van der Waals surface area contributed by atoms with E-state index in [1.807, 2.05) is 12.1 Å². The molecule has 2 aromatic heterocycles. The molecule has 0 radical (unpaired) electrons. The second-order valence-corrected chi connectivity index (χ2v) is 9.49. The Morgan fingerprint density at radius 3 is 2.64 bits per heavy atom. The third-order valence-corrected chi connectivity index (χ3v) is 6.80. The van der Waals surface area contributed by atoms with E-state index >= 15 is 0 Å². The zero-order valence-corrected chi connectivity index (χ0v) is 17.5. The summed E-state index contributed by atoms with van der Waals surface area (Å²) >= 11 is 1.80. The van der Waals surface area contributed by atoms with E-state index < -0.39 is 0 Å². The number of carbonyl (C=O) groups excluding carboxylic acids is 1. The van der Waals surface area contributed by atoms with Gasteiger partial charge in [0.15, 0.2) is 0 Å². The first-order valence-electron chi connectivity index (χ1n) is 9.57. The SMILES string of the molecule is COC(=O)c1ccc(Nc2ncnc3sc4c(c23)CCC(C(C)(C)C)C4)cc1. The molecule has 0 saturated carbocycles. The van der Waals surface area contributed by atoms with Gasteiger partial charge in [-0.1, -0.05) is 20.8 Å². The number of fused-ring (bicyclic) bond motifs is 3. The molecule has 0 amide bonds. The molecule has 28 heavy (non-hydrogen) atoms. The molecule has 0 spiro atoms. The minimum atomic E-state index is -0.337. The van der Waals surface area contributed by atoms with Gasteiger partial charge in [0.25, 0.3) is 0 Å². The number of nitrogens with one attached hydrogen (secondary N) is 1. The summed E-state index contributed by atoms with van der Waals surface area (Å²) in [6.07, 6.45) is 5.01. The minimum Gasteiger partial charge on any atom is -0.465 e. The smallest absolute Gasteiger partial charge is 0.337 e. The van der Waals surface area contributed by atoms with Crippen molar-refractivity contribution in [1.29, 1.82) is 0 Å². The number of methoxy groups -OCH3 is 1. The molecule has 1 atom stereocenters. The number of rotatable bonds is 3. The van der Waals surface area contributed by atoms with Gasteiger partial charge in [-0.3, -0.25) is 0 Å². The van der Waals surface area contributed by atoms with Crippen molar-refractivity contribution < 1.29 is 9.53 Å². The van der Waals surface area contributed by atoms with E-state index in [0.29, 0.717) is 16.9 Å². The van der Waals surface area contributed by atoms with Gasteiger partial charge in [0.1, 0.15) is 17.0 Å². The van der Waals surface area contributed by atoms with Crippen LogP contribution >= 0.6 is 11.3 Å². The molecule has 1 aliphatic rings. The van der Waals surface area contributed by atoms with Gasteiger partial charge < -0.3 is 10.1 Å². The fraction of sp³-hybridized carbons (Fsp3) is 0.409. The zero-order chi connectivity index (χ0) is 19.9. The van der Waals surface area contributed by atoms with Crippen molar-refractivity contribution >= 4 is 39.0 Å². The number of carbonyl (C=O) groups is 1. The lowest BCUT2D eigenvalue weighted by molar-refractivity contribution is 0.0601. The van der Waals surface area contributed by atoms with Crippen LogP contribution in [0.5, 0.6) is 0 Å². The van der Waals surface area contributed by atoms with Crippen LogP contribution in [0.4, 0.5) is 11.5 Å². The van der Waals surface area contributed by atoms with Crippen molar-refractivity contribution in [2.24, 2.45) is 11.3 Å². The molecular weight excluding hydrogens is 370 g/mol. The van der Waals surface area contributed by atoms with E-state index in [4.69, 9.17) is 4.74 Å². The molecule has 146 valence electrons. The van der Waals surface area contributed by atoms with Gasteiger partial charge in [0, 0.05) is 10.6 Å². The van der Waals surface area contributed by atoms with Crippen LogP contribution in [0.25, 0.3) is 10.2 Å². The third-order valence-electron chi connectivity index (χ3n) is 5.64. The Bertz CT molecular complexity index is 1020. The van der Waals surface area contributed by atoms with E-state index in [0.717, 1.165) is 34.6 Å². The van der Waals surface area contributed by atoms with Crippen molar-refractivity contribution in [1.82, 2.24) is 9.97 Å². The van der Waals surface area contributed by atoms with Gasteiger partial charge in [-0.15, -0.1) is 11.3 Å². The molecule has 0 saturated heterocycles. The van der Waals surface area contributed by atoms with Crippen LogP contribution in [0.2, 0.25) is 0 Å². The quantitative estimate of drug-likeness (QED) is 0.604. The summed E-state index contributed by atoms with van der Waals surface area (Å²) in [4.78, 5) is 23.2. The summed E-state index contributed by atoms with van der Waals surface area (Å²) in [5, 5.41) is 4.56. The van der Waals surface area contributed by atoms with Crippen LogP contribution in [-0.2, 0) is 17.6 Å². The van der Waals surface area contributed by atoms with Crippen molar-refractivity contribution in [2.75, 3.05) is 12.4 Å². The van der Waals surface area contributed by atoms with Crippen molar-refractivity contribution in [2.45, 2.75) is 40.0 Å². The first kappa shape index (κ1) is 18.9. The predicted molar refractivity (Wildman–Crippen MR) is 113 cm³/mol. The molecule has 1 unspecified atom stereocenters. The van der Waals surface area contributed by atoms with Crippen LogP contribution in [0, 0.1) is 11.3 Å². The maximum Gasteiger partial charge on any atom is 0.337 e. The average Bonchev–Trinajstić information content (AvgIpc) is 3.06. The first-order chi connectivity index (χ1) is 13.4. The first-order valence-corrected chi connectivity index (χ1v) is 10.4. The van der Waals surface area contributed by atoms with Gasteiger partial charge in [-0.25, -0.2) is 14.8 Å². The zero-order valence-electron chi connectivity index (χ0n) is 16.7. The maximum absolute atomic E-state index is 11.6. The largest absolute Gasteiger partial charge is 0.465 e. The Labute approximate surface area is 169 Å². The lowest BCUT2D eigenvalue weighted by Crippen LogP contribution is -2.26. The van der Waals surface area contributed by atoms with Crippen molar-refractivity contribution in [3.05, 3.63) is 46.6 Å². The Hall–Kier alpha value is -2.47. The lowest BCUT2D eigenvalue weighted by Gasteiger charge is -2.33. The highest BCUT2D eigenvalue weighted by Gasteiger charge is 2.31. The van der Waals surface area contributed by atoms with Gasteiger partial charge >= 0.3 is 5.97 Å². The standard InChI is InChI=1S/C22H25N3O2S/c1-22(2,3)14-7-10-16-17(11-14)28-20-18(16)19(23-12-24-20)25-15-8-5-13(6-9-15)21(26)27-4/h5-6,8-9,12,14H,7,10-11H2,1-4H3,(H,23,24,25). The number of ether oxygens (including phenoxy) is 1. The van der Waals surface area contributed by atoms with Crippen LogP contribution < -0.4 is 5.32 Å². The number of nitrogens with zero attached hydrogens (tertiary/aromatic N) is 2. The molecular formula is C22H25N3O2S. The molecule has 0 fully saturated rings. The van der Waals surface area contributed by atoms with E-state index in [-0.39, 0.29) is 5.97 Å². The molecule has 0 aliphatic heterocycles. The molecule has 1 aromatic carbocycles. The van der Waals surface area contributed by atoms with E-state index in [1.165, 1.54) is 24.0 Å². The van der Waals surface area contributed by atoms with Gasteiger partial charge in [-0.05, 0) is 60.4 Å². The molecule has 1 aliphatic carbocycles. The number of hydrogen-bond acceptors (Lipinski definition) is 6. The highest BCUT2D eigenvalue weighted by molar-refractivity contribution is 7.19. The minimum absolute atomic E-state index is 0.321. The Balaban J connectivity index is 1.66. The Morgan fingerprint density at radius 2 is 1.96 bits per heavy atom. The van der Waals surface area contributed by atoms with Crippen LogP contribution in [0.15, 0.2) is 30.6 Å². The van der Waals surface area contributed by atoms with Crippen LogP contribution in [0.3, 0.4) is 0 Å². The second-order valence-electron chi connectivity index (χ2n) is 8.41. The maximum atomic E-state index is 11.6. The fourth-order valence-corrected chi connectivity index (χ4v) is 5.16. The molecule has 4 rings (SSSR count). The van der Waals surface area contributed by atoms with Gasteiger partial charge in [0.05, 0.1) is 18.1 Å². The number of anilines is 2. The van der Waals surface area contributed by atoms with Gasteiger partial charge in [-0.2, -0.15) is 0 Å². The number of aromatic nitrogens is 2. The Morgan fingerprint density at radius 1 is 1.21 bits per heavy atom. The normalized spacial score (nSPS) is 16.6. The topological polar surface area (TPSA) is 64.1 Å². The van der Waals surface area contributed by atoms with E-state index in [1.54, 1.807) is 29.8 Å². The fourth-order valence-electron chi connectivity index (χ4n) is 3.89. The number of aryl methyl sites for hydroxylation is 1. The van der Waals surface area contributed by atoms with Crippen LogP contribution in [-0.4, -0.2) is 23.0 Å². The molecule has 2 heterocycles. The molecule has 6 heteroatoms. The number of esters is 1. The summed E-state index contributed by atoms with van der Waals surface area (Å²) in [5.74, 6) is 1.20. The molecule has 1 N–H and O–H groups in total. The summed E-state index contributed by atoms with van der Waals surface area (Å²) in [5.41, 5.74) is 3.13. The van der Waals surface area contributed by atoms with Gasteiger partial charge in [0.2, 0.25) is 0 Å². The number of benzene rings is 1. The summed E-state index contributed by atoms with van der Waals surface area (Å²) in [6, 6.07) is 7.25. The number of thiophene rings is 1.